The van der Waals surface area contributed by atoms with Crippen molar-refractivity contribution in [2.75, 3.05) is 13.1 Å². The van der Waals surface area contributed by atoms with Gasteiger partial charge in [0.25, 0.3) is 0 Å². The largest absolute Gasteiger partial charge is 0.479 e. The van der Waals surface area contributed by atoms with Crippen LogP contribution >= 0.6 is 0 Å². The number of carbonyl (C=O) groups excluding carboxylic acids is 1. The van der Waals surface area contributed by atoms with E-state index in [2.05, 4.69) is 10.6 Å². The highest BCUT2D eigenvalue weighted by atomic mass is 16.5. The Bertz CT molecular complexity index is 317. The highest BCUT2D eigenvalue weighted by molar-refractivity contribution is 5.76. The lowest BCUT2D eigenvalue weighted by Gasteiger charge is -2.12. The normalized spacial score (nSPS) is 27.1. The van der Waals surface area contributed by atoms with E-state index in [1.165, 1.54) is 0 Å². The van der Waals surface area contributed by atoms with Crippen LogP contribution in [0.25, 0.3) is 0 Å². The second-order valence-corrected chi connectivity index (χ2v) is 4.96. The number of hydrogen-bond donors (Lipinski definition) is 3. The molecule has 0 radical (unpaired) electrons. The Morgan fingerprint density at radius 2 is 2.00 bits per heavy atom. The number of carboxylic acid groups (broad SMARTS) is 1. The standard InChI is InChI=1S/C12H20N2O4/c15-11(14-8-1-2-8)5-6-13-7-9-3-4-10(18-9)12(16)17/h8-10,13H,1-7H2,(H,14,15)(H,16,17). The van der Waals surface area contributed by atoms with Crippen LogP contribution in [0.4, 0.5) is 0 Å². The molecule has 102 valence electrons. The van der Waals surface area contributed by atoms with E-state index in [1.54, 1.807) is 0 Å². The van der Waals surface area contributed by atoms with Crippen LogP contribution < -0.4 is 10.6 Å². The number of ether oxygens (including phenoxy) is 1. The number of hydrogen-bond acceptors (Lipinski definition) is 4. The van der Waals surface area contributed by atoms with Gasteiger partial charge in [-0.1, -0.05) is 0 Å². The van der Waals surface area contributed by atoms with Crippen molar-refractivity contribution >= 4 is 11.9 Å². The quantitative estimate of drug-likeness (QED) is 0.553. The lowest BCUT2D eigenvalue weighted by atomic mass is 10.2. The Balaban J connectivity index is 1.50. The minimum absolute atomic E-state index is 0.0439. The number of rotatable bonds is 7. The molecule has 1 heterocycles. The highest BCUT2D eigenvalue weighted by Gasteiger charge is 2.30. The molecule has 1 saturated heterocycles. The van der Waals surface area contributed by atoms with Crippen molar-refractivity contribution in [2.24, 2.45) is 0 Å². The molecule has 0 aromatic carbocycles. The number of amides is 1. The number of carbonyl (C=O) groups is 2. The Kier molecular flexibility index (Phi) is 4.54. The minimum atomic E-state index is -0.888. The van der Waals surface area contributed by atoms with Gasteiger partial charge < -0.3 is 20.5 Å². The van der Waals surface area contributed by atoms with E-state index in [0.29, 0.717) is 32.0 Å². The number of aliphatic carboxylic acids is 1. The van der Waals surface area contributed by atoms with Gasteiger partial charge in [0.1, 0.15) is 0 Å². The fraction of sp³-hybridized carbons (Fsp3) is 0.833. The third-order valence-electron chi connectivity index (χ3n) is 3.23. The first kappa shape index (κ1) is 13.3. The molecule has 2 unspecified atom stereocenters. The van der Waals surface area contributed by atoms with Crippen LogP contribution in [0.15, 0.2) is 0 Å². The van der Waals surface area contributed by atoms with Gasteiger partial charge in [-0.05, 0) is 25.7 Å². The fourth-order valence-corrected chi connectivity index (χ4v) is 2.03. The summed E-state index contributed by atoms with van der Waals surface area (Å²) >= 11 is 0. The molecule has 1 aliphatic heterocycles. The second kappa shape index (κ2) is 6.15. The summed E-state index contributed by atoms with van der Waals surface area (Å²) in [4.78, 5) is 22.0. The summed E-state index contributed by atoms with van der Waals surface area (Å²) in [5.41, 5.74) is 0. The molecule has 0 spiro atoms. The molecule has 2 fully saturated rings. The van der Waals surface area contributed by atoms with E-state index in [1.807, 2.05) is 0 Å². The lowest BCUT2D eigenvalue weighted by Crippen LogP contribution is -2.33. The molecule has 18 heavy (non-hydrogen) atoms. The molecule has 0 bridgehead atoms. The SMILES string of the molecule is O=C(CCNCC1CCC(C(=O)O)O1)NC1CC1. The number of nitrogens with one attached hydrogen (secondary N) is 2. The average molecular weight is 256 g/mol. The first-order chi connectivity index (χ1) is 8.65. The van der Waals surface area contributed by atoms with Crippen molar-refractivity contribution in [2.45, 2.75) is 50.4 Å². The Labute approximate surface area is 106 Å². The van der Waals surface area contributed by atoms with E-state index in [9.17, 15) is 9.59 Å². The summed E-state index contributed by atoms with van der Waals surface area (Å²) in [6.45, 7) is 1.22. The van der Waals surface area contributed by atoms with Crippen molar-refractivity contribution in [1.29, 1.82) is 0 Å². The zero-order valence-electron chi connectivity index (χ0n) is 10.4. The molecule has 0 aromatic rings. The molecule has 1 saturated carbocycles. The smallest absolute Gasteiger partial charge is 0.332 e. The summed E-state index contributed by atoms with van der Waals surface area (Å²) in [6, 6.07) is 0.409. The molecule has 6 heteroatoms. The van der Waals surface area contributed by atoms with Crippen LogP contribution in [0.3, 0.4) is 0 Å². The summed E-state index contributed by atoms with van der Waals surface area (Å²) in [6.07, 6.45) is 3.30. The summed E-state index contributed by atoms with van der Waals surface area (Å²) in [5, 5.41) is 14.8. The van der Waals surface area contributed by atoms with Crippen molar-refractivity contribution in [3.05, 3.63) is 0 Å². The Morgan fingerprint density at radius 3 is 2.61 bits per heavy atom. The van der Waals surface area contributed by atoms with Gasteiger partial charge >= 0.3 is 5.97 Å². The van der Waals surface area contributed by atoms with Crippen LogP contribution in [-0.4, -0.2) is 48.3 Å². The van der Waals surface area contributed by atoms with E-state index >= 15 is 0 Å². The van der Waals surface area contributed by atoms with Gasteiger partial charge in [-0.15, -0.1) is 0 Å². The van der Waals surface area contributed by atoms with E-state index in [4.69, 9.17) is 9.84 Å². The predicted octanol–water partition coefficient (Wildman–Crippen LogP) is -0.123. The van der Waals surface area contributed by atoms with Crippen LogP contribution in [-0.2, 0) is 14.3 Å². The predicted molar refractivity (Wildman–Crippen MR) is 64.2 cm³/mol. The van der Waals surface area contributed by atoms with Crippen LogP contribution in [0.5, 0.6) is 0 Å². The van der Waals surface area contributed by atoms with Gasteiger partial charge in [0.05, 0.1) is 6.10 Å². The molecule has 2 atom stereocenters. The summed E-state index contributed by atoms with van der Waals surface area (Å²) in [5.74, 6) is -0.804. The van der Waals surface area contributed by atoms with Gasteiger partial charge in [-0.3, -0.25) is 4.79 Å². The van der Waals surface area contributed by atoms with Crippen LogP contribution in [0.2, 0.25) is 0 Å². The molecule has 6 nitrogen and oxygen atoms in total. The topological polar surface area (TPSA) is 87.7 Å². The van der Waals surface area contributed by atoms with E-state index in [-0.39, 0.29) is 12.0 Å². The Morgan fingerprint density at radius 1 is 1.22 bits per heavy atom. The first-order valence-electron chi connectivity index (χ1n) is 6.53. The van der Waals surface area contributed by atoms with E-state index < -0.39 is 12.1 Å². The maximum atomic E-state index is 11.4. The molecular weight excluding hydrogens is 236 g/mol. The Hall–Kier alpha value is -1.14. The summed E-state index contributed by atoms with van der Waals surface area (Å²) in [7, 11) is 0. The van der Waals surface area contributed by atoms with Crippen molar-refractivity contribution in [3.63, 3.8) is 0 Å². The first-order valence-corrected chi connectivity index (χ1v) is 6.53. The number of carboxylic acids is 1. The molecule has 2 rings (SSSR count). The fourth-order valence-electron chi connectivity index (χ4n) is 2.03. The second-order valence-electron chi connectivity index (χ2n) is 4.96. The zero-order chi connectivity index (χ0) is 13.0. The third-order valence-corrected chi connectivity index (χ3v) is 3.23. The van der Waals surface area contributed by atoms with Crippen molar-refractivity contribution < 1.29 is 19.4 Å². The van der Waals surface area contributed by atoms with Gasteiger partial charge in [-0.2, -0.15) is 0 Å². The van der Waals surface area contributed by atoms with Gasteiger partial charge in [0.2, 0.25) is 5.91 Å². The zero-order valence-corrected chi connectivity index (χ0v) is 10.4. The molecule has 3 N–H and O–H groups in total. The van der Waals surface area contributed by atoms with Crippen LogP contribution in [0, 0.1) is 0 Å². The maximum Gasteiger partial charge on any atom is 0.332 e. The van der Waals surface area contributed by atoms with Gasteiger partial charge in [-0.25, -0.2) is 4.79 Å². The summed E-state index contributed by atoms with van der Waals surface area (Å²) < 4.78 is 5.34. The third kappa shape index (κ3) is 4.27. The molecule has 2 aliphatic rings. The van der Waals surface area contributed by atoms with Crippen molar-refractivity contribution in [1.82, 2.24) is 10.6 Å². The van der Waals surface area contributed by atoms with Gasteiger partial charge in [0.15, 0.2) is 6.10 Å². The van der Waals surface area contributed by atoms with Crippen molar-refractivity contribution in [3.8, 4) is 0 Å². The molecule has 1 aliphatic carbocycles. The average Bonchev–Trinajstić information content (AvgIpc) is 2.99. The molecule has 1 amide bonds. The monoisotopic (exact) mass is 256 g/mol. The maximum absolute atomic E-state index is 11.4. The molecular formula is C12H20N2O4. The van der Waals surface area contributed by atoms with Gasteiger partial charge in [0, 0.05) is 25.6 Å². The minimum Gasteiger partial charge on any atom is -0.479 e. The molecule has 0 aromatic heterocycles. The lowest BCUT2D eigenvalue weighted by molar-refractivity contribution is -0.149. The van der Waals surface area contributed by atoms with E-state index in [0.717, 1.165) is 19.3 Å². The highest BCUT2D eigenvalue weighted by Crippen LogP contribution is 2.19. The van der Waals surface area contributed by atoms with Crippen LogP contribution in [0.1, 0.15) is 32.1 Å².